The van der Waals surface area contributed by atoms with Crippen molar-refractivity contribution in [2.75, 3.05) is 0 Å². The average Bonchev–Trinajstić information content (AvgIpc) is 2.52. The highest BCUT2D eigenvalue weighted by molar-refractivity contribution is 6.29. The molecule has 0 saturated heterocycles. The van der Waals surface area contributed by atoms with Gasteiger partial charge in [0.25, 0.3) is 12.2 Å². The van der Waals surface area contributed by atoms with Crippen LogP contribution in [0.25, 0.3) is 0 Å². The Labute approximate surface area is 123 Å². The van der Waals surface area contributed by atoms with Crippen molar-refractivity contribution in [2.45, 2.75) is 0 Å². The van der Waals surface area contributed by atoms with Crippen molar-refractivity contribution in [3.63, 3.8) is 0 Å². The number of ether oxygens (including phenoxy) is 1. The fourth-order valence-electron chi connectivity index (χ4n) is 2.45. The molecule has 0 radical (unpaired) electrons. The molecule has 0 fully saturated rings. The minimum atomic E-state index is -0.782. The standard InChI is InChI=1S/C15H7NO6/c17-7-22-8-5-11-13(12(6-8)16(20)21)15(19)10-4-2-1-3-9(10)14(11)18/h1-7H. The molecule has 3 rings (SSSR count). The SMILES string of the molecule is O=COc1cc2c(c([N+](=O)[O-])c1)C(=O)c1ccccc1C2=O. The van der Waals surface area contributed by atoms with E-state index in [-0.39, 0.29) is 34.5 Å². The molecule has 108 valence electrons. The van der Waals surface area contributed by atoms with E-state index >= 15 is 0 Å². The summed E-state index contributed by atoms with van der Waals surface area (Å²) in [7, 11) is 0. The molecule has 0 aliphatic heterocycles. The zero-order valence-corrected chi connectivity index (χ0v) is 10.9. The Morgan fingerprint density at radius 1 is 1.00 bits per heavy atom. The number of nitro benzene ring substituents is 1. The van der Waals surface area contributed by atoms with Crippen molar-refractivity contribution in [3.8, 4) is 5.75 Å². The predicted molar refractivity (Wildman–Crippen MR) is 73.1 cm³/mol. The number of hydrogen-bond acceptors (Lipinski definition) is 6. The lowest BCUT2D eigenvalue weighted by molar-refractivity contribution is -0.385. The van der Waals surface area contributed by atoms with Gasteiger partial charge in [0.1, 0.15) is 11.3 Å². The second-order valence-electron chi connectivity index (χ2n) is 4.54. The summed E-state index contributed by atoms with van der Waals surface area (Å²) in [5.74, 6) is -1.29. The van der Waals surface area contributed by atoms with Crippen LogP contribution in [0, 0.1) is 10.1 Å². The van der Waals surface area contributed by atoms with Gasteiger partial charge in [0.05, 0.1) is 11.0 Å². The van der Waals surface area contributed by atoms with Crippen LogP contribution in [0.5, 0.6) is 5.75 Å². The number of nitrogens with zero attached hydrogens (tertiary/aromatic N) is 1. The molecule has 0 unspecified atom stereocenters. The van der Waals surface area contributed by atoms with Crippen LogP contribution in [0.1, 0.15) is 31.8 Å². The van der Waals surface area contributed by atoms with E-state index in [0.29, 0.717) is 0 Å². The minimum Gasteiger partial charge on any atom is -0.428 e. The van der Waals surface area contributed by atoms with Gasteiger partial charge in [-0.1, -0.05) is 24.3 Å². The van der Waals surface area contributed by atoms with Crippen molar-refractivity contribution >= 4 is 23.7 Å². The lowest BCUT2D eigenvalue weighted by Gasteiger charge is -2.17. The van der Waals surface area contributed by atoms with Crippen LogP contribution in [-0.4, -0.2) is 23.0 Å². The van der Waals surface area contributed by atoms with Crippen LogP contribution in [0.2, 0.25) is 0 Å². The molecule has 0 atom stereocenters. The summed E-state index contributed by atoms with van der Waals surface area (Å²) >= 11 is 0. The van der Waals surface area contributed by atoms with E-state index in [4.69, 9.17) is 0 Å². The molecule has 1 aliphatic carbocycles. The Morgan fingerprint density at radius 3 is 2.23 bits per heavy atom. The Kier molecular flexibility index (Phi) is 3.03. The summed E-state index contributed by atoms with van der Waals surface area (Å²) in [5.41, 5.74) is -0.714. The van der Waals surface area contributed by atoms with Crippen molar-refractivity contribution in [3.05, 3.63) is 68.8 Å². The molecule has 0 heterocycles. The molecule has 7 nitrogen and oxygen atoms in total. The number of rotatable bonds is 3. The molecule has 2 aromatic rings. The molecule has 1 aliphatic rings. The number of carbonyl (C=O) groups excluding carboxylic acids is 3. The van der Waals surface area contributed by atoms with Gasteiger partial charge in [0.15, 0.2) is 5.78 Å². The first-order valence-corrected chi connectivity index (χ1v) is 6.15. The van der Waals surface area contributed by atoms with Gasteiger partial charge in [-0.05, 0) is 6.07 Å². The smallest absolute Gasteiger partial charge is 0.298 e. The third kappa shape index (κ3) is 1.87. The Hall–Kier alpha value is -3.35. The van der Waals surface area contributed by atoms with Gasteiger partial charge in [0, 0.05) is 16.7 Å². The van der Waals surface area contributed by atoms with E-state index in [2.05, 4.69) is 4.74 Å². The summed E-state index contributed by atoms with van der Waals surface area (Å²) in [6.45, 7) is 0.0918. The number of hydrogen-bond donors (Lipinski definition) is 0. The molecule has 0 saturated carbocycles. The Balaban J connectivity index is 2.34. The summed E-state index contributed by atoms with van der Waals surface area (Å²) in [6, 6.07) is 8.19. The summed E-state index contributed by atoms with van der Waals surface area (Å²) in [4.78, 5) is 45.8. The molecular formula is C15H7NO6. The Bertz CT molecular complexity index is 855. The quantitative estimate of drug-likeness (QED) is 0.415. The van der Waals surface area contributed by atoms with Crippen LogP contribution in [0.4, 0.5) is 5.69 Å². The van der Waals surface area contributed by atoms with Gasteiger partial charge in [-0.15, -0.1) is 0 Å². The summed E-state index contributed by atoms with van der Waals surface area (Å²) in [6.07, 6.45) is 0. The van der Waals surface area contributed by atoms with E-state index in [1.807, 2.05) is 0 Å². The minimum absolute atomic E-state index is 0.0918. The zero-order valence-electron chi connectivity index (χ0n) is 10.9. The first kappa shape index (κ1) is 13.6. The monoisotopic (exact) mass is 297 g/mol. The topological polar surface area (TPSA) is 104 Å². The van der Waals surface area contributed by atoms with Crippen LogP contribution < -0.4 is 4.74 Å². The molecule has 0 spiro atoms. The highest BCUT2D eigenvalue weighted by Crippen LogP contribution is 2.36. The highest BCUT2D eigenvalue weighted by Gasteiger charge is 2.36. The maximum Gasteiger partial charge on any atom is 0.298 e. The van der Waals surface area contributed by atoms with E-state index in [1.165, 1.54) is 12.1 Å². The van der Waals surface area contributed by atoms with Crippen LogP contribution in [0.15, 0.2) is 36.4 Å². The number of nitro groups is 1. The third-order valence-corrected chi connectivity index (χ3v) is 3.36. The van der Waals surface area contributed by atoms with Crippen LogP contribution >= 0.6 is 0 Å². The van der Waals surface area contributed by atoms with Crippen molar-refractivity contribution < 1.29 is 24.0 Å². The first-order valence-electron chi connectivity index (χ1n) is 6.15. The largest absolute Gasteiger partial charge is 0.428 e. The van der Waals surface area contributed by atoms with Gasteiger partial charge in [-0.2, -0.15) is 0 Å². The lowest BCUT2D eigenvalue weighted by Crippen LogP contribution is -2.22. The number of carbonyl (C=O) groups is 3. The second kappa shape index (κ2) is 4.88. The maximum atomic E-state index is 12.5. The molecule has 2 aromatic carbocycles. The number of benzene rings is 2. The fraction of sp³-hybridized carbons (Fsp3) is 0. The van der Waals surface area contributed by atoms with Gasteiger partial charge >= 0.3 is 0 Å². The van der Waals surface area contributed by atoms with Gasteiger partial charge in [-0.25, -0.2) is 0 Å². The molecule has 7 heteroatoms. The van der Waals surface area contributed by atoms with Crippen molar-refractivity contribution in [2.24, 2.45) is 0 Å². The highest BCUT2D eigenvalue weighted by atomic mass is 16.6. The molecule has 0 N–H and O–H groups in total. The van der Waals surface area contributed by atoms with Gasteiger partial charge in [0.2, 0.25) is 5.78 Å². The van der Waals surface area contributed by atoms with Crippen molar-refractivity contribution in [1.82, 2.24) is 0 Å². The van der Waals surface area contributed by atoms with E-state index in [9.17, 15) is 24.5 Å². The van der Waals surface area contributed by atoms with E-state index in [1.54, 1.807) is 12.1 Å². The predicted octanol–water partition coefficient (Wildman–Crippen LogP) is 1.91. The molecule has 0 bridgehead atoms. The van der Waals surface area contributed by atoms with Gasteiger partial charge in [-0.3, -0.25) is 24.5 Å². The first-order chi connectivity index (χ1) is 10.5. The molecule has 22 heavy (non-hydrogen) atoms. The second-order valence-corrected chi connectivity index (χ2v) is 4.54. The molecule has 0 aromatic heterocycles. The average molecular weight is 297 g/mol. The van der Waals surface area contributed by atoms with E-state index < -0.39 is 22.2 Å². The number of fused-ring (bicyclic) bond motifs is 2. The maximum absolute atomic E-state index is 12.5. The van der Waals surface area contributed by atoms with Crippen molar-refractivity contribution in [1.29, 1.82) is 0 Å². The van der Waals surface area contributed by atoms with Crippen LogP contribution in [-0.2, 0) is 4.79 Å². The normalized spacial score (nSPS) is 12.4. The summed E-state index contributed by atoms with van der Waals surface area (Å²) in [5, 5.41) is 11.2. The molecular weight excluding hydrogens is 290 g/mol. The zero-order chi connectivity index (χ0) is 15.9. The summed E-state index contributed by atoms with van der Waals surface area (Å²) < 4.78 is 4.59. The third-order valence-electron chi connectivity index (χ3n) is 3.36. The van der Waals surface area contributed by atoms with Gasteiger partial charge < -0.3 is 4.74 Å². The molecule has 0 amide bonds. The Morgan fingerprint density at radius 2 is 1.64 bits per heavy atom. The van der Waals surface area contributed by atoms with Crippen LogP contribution in [0.3, 0.4) is 0 Å². The fourth-order valence-corrected chi connectivity index (χ4v) is 2.45. The number of ketones is 2. The van der Waals surface area contributed by atoms with E-state index in [0.717, 1.165) is 12.1 Å². The lowest BCUT2D eigenvalue weighted by atomic mass is 9.83.